The SMILES string of the molecule is Cn1c(-c2ccnc(OCc3ccccc3)c2)nnc1S(C)(=O)=O. The van der Waals surface area contributed by atoms with Crippen molar-refractivity contribution in [1.82, 2.24) is 19.7 Å². The summed E-state index contributed by atoms with van der Waals surface area (Å²) in [6.45, 7) is 0.394. The van der Waals surface area contributed by atoms with Crippen LogP contribution in [0, 0.1) is 0 Å². The first kappa shape index (κ1) is 16.1. The van der Waals surface area contributed by atoms with Gasteiger partial charge in [0.1, 0.15) is 6.61 Å². The molecule has 0 spiro atoms. The first-order chi connectivity index (χ1) is 11.4. The van der Waals surface area contributed by atoms with Gasteiger partial charge in [0.2, 0.25) is 20.9 Å². The number of rotatable bonds is 5. The molecule has 0 N–H and O–H groups in total. The quantitative estimate of drug-likeness (QED) is 0.702. The Bertz CT molecular complexity index is 952. The minimum atomic E-state index is -3.43. The zero-order valence-electron chi connectivity index (χ0n) is 13.2. The zero-order chi connectivity index (χ0) is 17.2. The summed E-state index contributed by atoms with van der Waals surface area (Å²) < 4.78 is 30.4. The molecule has 0 aliphatic heterocycles. The van der Waals surface area contributed by atoms with Crippen LogP contribution in [-0.2, 0) is 23.5 Å². The smallest absolute Gasteiger partial charge is 0.249 e. The van der Waals surface area contributed by atoms with E-state index in [0.29, 0.717) is 23.9 Å². The van der Waals surface area contributed by atoms with Crippen LogP contribution in [0.1, 0.15) is 5.56 Å². The Morgan fingerprint density at radius 3 is 2.54 bits per heavy atom. The molecular formula is C16H16N4O3S. The molecule has 0 aliphatic rings. The second kappa shape index (κ2) is 6.40. The van der Waals surface area contributed by atoms with Gasteiger partial charge >= 0.3 is 0 Å². The molecule has 0 atom stereocenters. The number of nitrogens with zero attached hydrogens (tertiary/aromatic N) is 4. The van der Waals surface area contributed by atoms with Gasteiger partial charge in [0.15, 0.2) is 5.82 Å². The Kier molecular flexibility index (Phi) is 4.30. The van der Waals surface area contributed by atoms with Crippen LogP contribution in [0.5, 0.6) is 5.88 Å². The van der Waals surface area contributed by atoms with E-state index in [-0.39, 0.29) is 5.16 Å². The summed E-state index contributed by atoms with van der Waals surface area (Å²) in [7, 11) is -1.83. The lowest BCUT2D eigenvalue weighted by molar-refractivity contribution is 0.294. The number of hydrogen-bond acceptors (Lipinski definition) is 6. The second-order valence-corrected chi connectivity index (χ2v) is 7.20. The summed E-state index contributed by atoms with van der Waals surface area (Å²) in [5.41, 5.74) is 1.71. The molecule has 0 saturated carbocycles. The number of pyridine rings is 1. The first-order valence-electron chi connectivity index (χ1n) is 7.18. The minimum Gasteiger partial charge on any atom is -0.473 e. The van der Waals surface area contributed by atoms with Gasteiger partial charge in [-0.25, -0.2) is 13.4 Å². The normalized spacial score (nSPS) is 11.4. The Hall–Kier alpha value is -2.74. The molecule has 0 bridgehead atoms. The van der Waals surface area contributed by atoms with E-state index in [1.54, 1.807) is 25.4 Å². The van der Waals surface area contributed by atoms with Crippen molar-refractivity contribution in [3.8, 4) is 17.3 Å². The standard InChI is InChI=1S/C16H16N4O3S/c1-20-15(18-19-16(20)24(2,21)22)13-8-9-17-14(10-13)23-11-12-6-4-3-5-7-12/h3-10H,11H2,1-2H3. The molecule has 1 aromatic carbocycles. The van der Waals surface area contributed by atoms with Crippen LogP contribution in [0.4, 0.5) is 0 Å². The van der Waals surface area contributed by atoms with E-state index in [9.17, 15) is 8.42 Å². The average Bonchev–Trinajstić information content (AvgIpc) is 2.96. The third kappa shape index (κ3) is 3.43. The third-order valence-electron chi connectivity index (χ3n) is 3.39. The monoisotopic (exact) mass is 344 g/mol. The van der Waals surface area contributed by atoms with Crippen LogP contribution in [0.15, 0.2) is 53.8 Å². The van der Waals surface area contributed by atoms with Crippen LogP contribution < -0.4 is 4.74 Å². The van der Waals surface area contributed by atoms with Crippen molar-refractivity contribution in [3.63, 3.8) is 0 Å². The van der Waals surface area contributed by atoms with E-state index in [1.807, 2.05) is 30.3 Å². The molecule has 3 aromatic rings. The van der Waals surface area contributed by atoms with Gasteiger partial charge in [0, 0.05) is 31.1 Å². The van der Waals surface area contributed by atoms with Gasteiger partial charge in [0.25, 0.3) is 0 Å². The molecular weight excluding hydrogens is 328 g/mol. The molecule has 124 valence electrons. The Morgan fingerprint density at radius 1 is 1.12 bits per heavy atom. The van der Waals surface area contributed by atoms with Gasteiger partial charge < -0.3 is 9.30 Å². The van der Waals surface area contributed by atoms with Crippen LogP contribution in [0.2, 0.25) is 0 Å². The summed E-state index contributed by atoms with van der Waals surface area (Å²) in [5.74, 6) is 0.864. The van der Waals surface area contributed by atoms with Crippen molar-refractivity contribution in [2.45, 2.75) is 11.8 Å². The topological polar surface area (TPSA) is 87.0 Å². The Labute approximate surface area is 139 Å². The molecule has 24 heavy (non-hydrogen) atoms. The first-order valence-corrected chi connectivity index (χ1v) is 9.07. The van der Waals surface area contributed by atoms with Gasteiger partial charge in [-0.2, -0.15) is 0 Å². The van der Waals surface area contributed by atoms with Crippen molar-refractivity contribution >= 4 is 9.84 Å². The third-order valence-corrected chi connectivity index (χ3v) is 4.41. The second-order valence-electron chi connectivity index (χ2n) is 5.29. The summed E-state index contributed by atoms with van der Waals surface area (Å²) in [4.78, 5) is 4.17. The minimum absolute atomic E-state index is 0.0823. The molecule has 0 radical (unpaired) electrons. The number of sulfone groups is 1. The Morgan fingerprint density at radius 2 is 1.88 bits per heavy atom. The predicted octanol–water partition coefficient (Wildman–Crippen LogP) is 1.86. The van der Waals surface area contributed by atoms with Gasteiger partial charge in [-0.3, -0.25) is 0 Å². The van der Waals surface area contributed by atoms with E-state index in [2.05, 4.69) is 15.2 Å². The molecule has 8 heteroatoms. The van der Waals surface area contributed by atoms with Crippen LogP contribution in [0.25, 0.3) is 11.4 Å². The summed E-state index contributed by atoms with van der Waals surface area (Å²) in [6, 6.07) is 13.2. The molecule has 0 amide bonds. The van der Waals surface area contributed by atoms with Crippen molar-refractivity contribution in [1.29, 1.82) is 0 Å². The fourth-order valence-electron chi connectivity index (χ4n) is 2.25. The van der Waals surface area contributed by atoms with Crippen molar-refractivity contribution < 1.29 is 13.2 Å². The predicted molar refractivity (Wildman–Crippen MR) is 88.1 cm³/mol. The van der Waals surface area contributed by atoms with Crippen molar-refractivity contribution in [2.75, 3.05) is 6.26 Å². The molecule has 2 heterocycles. The molecule has 0 unspecified atom stereocenters. The molecule has 2 aromatic heterocycles. The van der Waals surface area contributed by atoms with Gasteiger partial charge in [-0.05, 0) is 11.6 Å². The maximum atomic E-state index is 11.7. The molecule has 7 nitrogen and oxygen atoms in total. The molecule has 0 saturated heterocycles. The molecule has 0 aliphatic carbocycles. The zero-order valence-corrected chi connectivity index (χ0v) is 14.1. The lowest BCUT2D eigenvalue weighted by Crippen LogP contribution is -2.06. The van der Waals surface area contributed by atoms with Gasteiger partial charge in [-0.15, -0.1) is 10.2 Å². The van der Waals surface area contributed by atoms with Gasteiger partial charge in [-0.1, -0.05) is 30.3 Å². The van der Waals surface area contributed by atoms with Crippen LogP contribution in [0.3, 0.4) is 0 Å². The fraction of sp³-hybridized carbons (Fsp3) is 0.188. The average molecular weight is 344 g/mol. The summed E-state index contributed by atoms with van der Waals surface area (Å²) in [5, 5.41) is 7.63. The fourth-order valence-corrected chi connectivity index (χ4v) is 3.02. The summed E-state index contributed by atoms with van der Waals surface area (Å²) >= 11 is 0. The highest BCUT2D eigenvalue weighted by Gasteiger charge is 2.19. The lowest BCUT2D eigenvalue weighted by Gasteiger charge is -2.07. The number of hydrogen-bond donors (Lipinski definition) is 0. The van der Waals surface area contributed by atoms with Crippen molar-refractivity contribution in [2.24, 2.45) is 7.05 Å². The van der Waals surface area contributed by atoms with E-state index in [0.717, 1.165) is 11.8 Å². The highest BCUT2D eigenvalue weighted by molar-refractivity contribution is 7.90. The summed E-state index contributed by atoms with van der Waals surface area (Å²) in [6.07, 6.45) is 2.69. The molecule has 0 fully saturated rings. The van der Waals surface area contributed by atoms with E-state index in [4.69, 9.17) is 4.74 Å². The van der Waals surface area contributed by atoms with E-state index >= 15 is 0 Å². The molecule has 3 rings (SSSR count). The van der Waals surface area contributed by atoms with Gasteiger partial charge in [0.05, 0.1) is 0 Å². The largest absolute Gasteiger partial charge is 0.473 e. The van der Waals surface area contributed by atoms with Crippen molar-refractivity contribution in [3.05, 3.63) is 54.2 Å². The maximum Gasteiger partial charge on any atom is 0.249 e. The van der Waals surface area contributed by atoms with E-state index < -0.39 is 9.84 Å². The number of aromatic nitrogens is 4. The highest BCUT2D eigenvalue weighted by Crippen LogP contribution is 2.22. The number of benzene rings is 1. The maximum absolute atomic E-state index is 11.7. The lowest BCUT2D eigenvalue weighted by atomic mass is 10.2. The van der Waals surface area contributed by atoms with Crippen LogP contribution in [-0.4, -0.2) is 34.4 Å². The number of ether oxygens (including phenoxy) is 1. The Balaban J connectivity index is 1.85. The van der Waals surface area contributed by atoms with Crippen LogP contribution >= 0.6 is 0 Å². The van der Waals surface area contributed by atoms with E-state index in [1.165, 1.54) is 4.57 Å². The highest BCUT2D eigenvalue weighted by atomic mass is 32.2.